The van der Waals surface area contributed by atoms with Crippen LogP contribution in [-0.4, -0.2) is 63.7 Å². The van der Waals surface area contributed by atoms with Crippen molar-refractivity contribution in [1.82, 2.24) is 25.2 Å². The van der Waals surface area contributed by atoms with Crippen LogP contribution in [-0.2, 0) is 4.79 Å². The van der Waals surface area contributed by atoms with E-state index in [-0.39, 0.29) is 36.9 Å². The maximum absolute atomic E-state index is 12.9. The fourth-order valence-electron chi connectivity index (χ4n) is 2.60. The topological polar surface area (TPSA) is 109 Å². The minimum Gasteiger partial charge on any atom is -1.00 e. The molecule has 0 aromatic carbocycles. The highest BCUT2D eigenvalue weighted by atomic mass is 35.5. The summed E-state index contributed by atoms with van der Waals surface area (Å²) in [4.78, 5) is 14.8. The summed E-state index contributed by atoms with van der Waals surface area (Å²) >= 11 is 0. The molecule has 4 N–H and O–H groups in total. The van der Waals surface area contributed by atoms with Crippen molar-refractivity contribution in [3.05, 3.63) is 11.9 Å². The zero-order valence-electron chi connectivity index (χ0n) is 13.7. The van der Waals surface area contributed by atoms with Crippen LogP contribution in [0.5, 0.6) is 0 Å². The molecule has 3 unspecified atom stereocenters. The smallest absolute Gasteiger partial charge is 0.247 e. The van der Waals surface area contributed by atoms with Crippen molar-refractivity contribution >= 4 is 5.91 Å². The van der Waals surface area contributed by atoms with Crippen LogP contribution in [0.4, 0.5) is 0 Å². The van der Waals surface area contributed by atoms with Gasteiger partial charge in [-0.1, -0.05) is 25.5 Å². The Bertz CT molecular complexity index is 491. The average Bonchev–Trinajstić information content (AvgIpc) is 3.04. The van der Waals surface area contributed by atoms with Crippen molar-refractivity contribution in [2.45, 2.75) is 32.4 Å². The third-order valence-electron chi connectivity index (χ3n) is 4.25. The average molecular weight is 346 g/mol. The third-order valence-corrected chi connectivity index (χ3v) is 4.25. The van der Waals surface area contributed by atoms with Crippen molar-refractivity contribution in [3.8, 4) is 0 Å². The van der Waals surface area contributed by atoms with Gasteiger partial charge < -0.3 is 33.5 Å². The Labute approximate surface area is 142 Å². The number of carbonyl (C=O) groups excluding carboxylic acids is 1. The summed E-state index contributed by atoms with van der Waals surface area (Å²) in [5.41, 5.74) is 6.27. The molecular weight excluding hydrogens is 320 g/mol. The Morgan fingerprint density at radius 1 is 1.48 bits per heavy atom. The van der Waals surface area contributed by atoms with E-state index in [9.17, 15) is 4.79 Å². The maximum Gasteiger partial charge on any atom is 0.247 e. The van der Waals surface area contributed by atoms with Crippen LogP contribution < -0.4 is 23.5 Å². The minimum absolute atomic E-state index is 0. The number of hydrogen-bond acceptors (Lipinski definition) is 6. The van der Waals surface area contributed by atoms with Gasteiger partial charge in [-0.25, -0.2) is 4.68 Å². The number of amides is 1. The molecule has 8 nitrogen and oxygen atoms in total. The second-order valence-electron chi connectivity index (χ2n) is 5.82. The first-order valence-electron chi connectivity index (χ1n) is 7.86. The number of nitrogens with zero attached hydrogens (tertiary/aromatic N) is 4. The summed E-state index contributed by atoms with van der Waals surface area (Å²) in [6, 6.07) is -0.948. The van der Waals surface area contributed by atoms with E-state index in [0.717, 1.165) is 19.5 Å². The van der Waals surface area contributed by atoms with Crippen LogP contribution in [0.3, 0.4) is 0 Å². The summed E-state index contributed by atoms with van der Waals surface area (Å²) in [5.74, 6) is 0.215. The van der Waals surface area contributed by atoms with Crippen molar-refractivity contribution in [1.29, 1.82) is 0 Å². The van der Waals surface area contributed by atoms with Crippen LogP contribution in [0.2, 0.25) is 0 Å². The fourth-order valence-corrected chi connectivity index (χ4v) is 2.60. The van der Waals surface area contributed by atoms with E-state index in [1.54, 1.807) is 10.9 Å². The molecule has 1 aliphatic heterocycles. The number of carbonyl (C=O) groups is 1. The first kappa shape index (κ1) is 19.8. The van der Waals surface area contributed by atoms with Gasteiger partial charge in [-0.2, -0.15) is 0 Å². The zero-order valence-corrected chi connectivity index (χ0v) is 14.4. The third kappa shape index (κ3) is 4.63. The molecular formula is C14H26ClN6O2-. The van der Waals surface area contributed by atoms with Gasteiger partial charge in [0.25, 0.3) is 0 Å². The lowest BCUT2D eigenvalue weighted by Crippen LogP contribution is -3.00. The number of piperazine rings is 1. The summed E-state index contributed by atoms with van der Waals surface area (Å²) in [6.07, 6.45) is 2.54. The Morgan fingerprint density at radius 2 is 2.13 bits per heavy atom. The normalized spacial score (nSPS) is 18.9. The molecule has 132 valence electrons. The van der Waals surface area contributed by atoms with Gasteiger partial charge in [0, 0.05) is 26.2 Å². The Hall–Kier alpha value is -1.22. The van der Waals surface area contributed by atoms with Crippen LogP contribution >= 0.6 is 0 Å². The molecule has 1 amide bonds. The Kier molecular flexibility index (Phi) is 7.90. The number of aliphatic hydroxyl groups excluding tert-OH is 1. The quantitative estimate of drug-likeness (QED) is 0.489. The van der Waals surface area contributed by atoms with Gasteiger partial charge in [-0.3, -0.25) is 4.79 Å². The van der Waals surface area contributed by atoms with Crippen LogP contribution in [0.25, 0.3) is 0 Å². The van der Waals surface area contributed by atoms with E-state index in [2.05, 4.69) is 22.6 Å². The number of aliphatic hydroxyl groups is 1. The van der Waals surface area contributed by atoms with Gasteiger partial charge in [0.05, 0.1) is 18.8 Å². The molecule has 23 heavy (non-hydrogen) atoms. The van der Waals surface area contributed by atoms with Gasteiger partial charge in [0.15, 0.2) is 0 Å². The van der Waals surface area contributed by atoms with E-state index in [0.29, 0.717) is 18.8 Å². The number of nitrogens with one attached hydrogen (secondary N) is 1. The van der Waals surface area contributed by atoms with Crippen molar-refractivity contribution in [3.63, 3.8) is 0 Å². The van der Waals surface area contributed by atoms with E-state index in [4.69, 9.17) is 10.8 Å². The lowest BCUT2D eigenvalue weighted by atomic mass is 9.97. The predicted octanol–water partition coefficient (Wildman–Crippen LogP) is -3.71. The van der Waals surface area contributed by atoms with E-state index in [1.165, 1.54) is 0 Å². The molecule has 1 saturated heterocycles. The predicted molar refractivity (Wildman–Crippen MR) is 82.0 cm³/mol. The maximum atomic E-state index is 12.9. The monoisotopic (exact) mass is 345 g/mol. The second kappa shape index (κ2) is 9.17. The van der Waals surface area contributed by atoms with Gasteiger partial charge in [0.2, 0.25) is 5.91 Å². The molecule has 1 aromatic rings. The number of aromatic nitrogens is 3. The second-order valence-corrected chi connectivity index (χ2v) is 5.82. The van der Waals surface area contributed by atoms with Crippen molar-refractivity contribution in [2.75, 3.05) is 32.8 Å². The van der Waals surface area contributed by atoms with Gasteiger partial charge in [-0.15, -0.1) is 5.10 Å². The van der Waals surface area contributed by atoms with Gasteiger partial charge >= 0.3 is 0 Å². The summed E-state index contributed by atoms with van der Waals surface area (Å²) in [7, 11) is 0. The Morgan fingerprint density at radius 3 is 2.70 bits per heavy atom. The zero-order chi connectivity index (χ0) is 16.1. The number of hydrogen-bond donors (Lipinski definition) is 3. The highest BCUT2D eigenvalue weighted by molar-refractivity contribution is 5.80. The van der Waals surface area contributed by atoms with Crippen molar-refractivity contribution in [2.24, 2.45) is 11.7 Å². The number of halogens is 1. The largest absolute Gasteiger partial charge is 1.00 e. The molecule has 0 radical (unpaired) electrons. The standard InChI is InChI=1S/C14H26N6O2.ClH/c1-3-10(2)13(14(22)19-6-4-16-5-7-19)20-8-12(17-18-20)11(15)9-21;/h8,10-11,13,16,21H,3-7,9,15H2,1-2H3;1H/p-1. The molecule has 1 fully saturated rings. The van der Waals surface area contributed by atoms with E-state index in [1.807, 2.05) is 11.8 Å². The summed E-state index contributed by atoms with van der Waals surface area (Å²) < 4.78 is 1.60. The first-order valence-corrected chi connectivity index (χ1v) is 7.86. The fraction of sp³-hybridized carbons (Fsp3) is 0.786. The van der Waals surface area contributed by atoms with Crippen LogP contribution in [0, 0.1) is 5.92 Å². The first-order chi connectivity index (χ1) is 10.6. The lowest BCUT2D eigenvalue weighted by Gasteiger charge is -2.32. The highest BCUT2D eigenvalue weighted by Crippen LogP contribution is 2.24. The van der Waals surface area contributed by atoms with Crippen molar-refractivity contribution < 1.29 is 22.3 Å². The molecule has 0 aliphatic carbocycles. The molecule has 9 heteroatoms. The molecule has 0 bridgehead atoms. The van der Waals surface area contributed by atoms with Gasteiger partial charge in [0.1, 0.15) is 11.7 Å². The molecule has 2 heterocycles. The summed E-state index contributed by atoms with van der Waals surface area (Å²) in [5, 5.41) is 20.4. The molecule has 0 spiro atoms. The molecule has 0 saturated carbocycles. The van der Waals surface area contributed by atoms with Gasteiger partial charge in [-0.05, 0) is 5.92 Å². The molecule has 3 atom stereocenters. The summed E-state index contributed by atoms with van der Waals surface area (Å²) in [6.45, 7) is 6.96. The Balaban J connectivity index is 0.00000264. The molecule has 1 aliphatic rings. The lowest BCUT2D eigenvalue weighted by molar-refractivity contribution is -0.137. The van der Waals surface area contributed by atoms with Crippen LogP contribution in [0.1, 0.15) is 38.0 Å². The number of rotatable bonds is 6. The highest BCUT2D eigenvalue weighted by Gasteiger charge is 2.32. The van der Waals surface area contributed by atoms with E-state index >= 15 is 0 Å². The molecule has 2 rings (SSSR count). The SMILES string of the molecule is CCC(C)C(C(=O)N1CCNCC1)n1cc(C(N)CO)nn1.[Cl-]. The van der Waals surface area contributed by atoms with E-state index < -0.39 is 6.04 Å². The van der Waals surface area contributed by atoms with Crippen LogP contribution in [0.15, 0.2) is 6.20 Å². The minimum atomic E-state index is -0.569. The number of nitrogens with two attached hydrogens (primary N) is 1. The molecule has 1 aromatic heterocycles.